The highest BCUT2D eigenvalue weighted by atomic mass is 32.1. The number of nitrogens with one attached hydrogen (secondary N) is 1. The zero-order valence-corrected chi connectivity index (χ0v) is 7.06. The predicted molar refractivity (Wildman–Crippen MR) is 45.6 cm³/mol. The molecule has 2 fully saturated rings. The summed E-state index contributed by atoms with van der Waals surface area (Å²) in [5.74, 6) is 0. The first kappa shape index (κ1) is 8.37. The molecule has 0 aromatic heterocycles. The summed E-state index contributed by atoms with van der Waals surface area (Å²) < 4.78 is 0. The summed E-state index contributed by atoms with van der Waals surface area (Å²) in [6.45, 7) is 1.10. The number of hydrogen-bond acceptors (Lipinski definition) is 2. The van der Waals surface area contributed by atoms with Crippen molar-refractivity contribution in [2.45, 2.75) is 37.3 Å². The fraction of sp³-hybridized carbons (Fsp3) is 1.00. The summed E-state index contributed by atoms with van der Waals surface area (Å²) in [5, 5.41) is 12.9. The van der Waals surface area contributed by atoms with Gasteiger partial charge in [-0.25, -0.2) is 0 Å². The van der Waals surface area contributed by atoms with Crippen molar-refractivity contribution in [3.05, 3.63) is 0 Å². The van der Waals surface area contributed by atoms with Gasteiger partial charge in [-0.3, -0.25) is 0 Å². The summed E-state index contributed by atoms with van der Waals surface area (Å²) in [6, 6.07) is 0.428. The van der Waals surface area contributed by atoms with Crippen LogP contribution in [0.1, 0.15) is 25.7 Å². The zero-order valence-electron chi connectivity index (χ0n) is 6.06. The Hall–Kier alpha value is 0.270. The number of rotatable bonds is 1. The van der Waals surface area contributed by atoms with E-state index in [2.05, 4.69) is 5.32 Å². The van der Waals surface area contributed by atoms with E-state index in [0.717, 1.165) is 19.4 Å². The maximum atomic E-state index is 9.57. The van der Waals surface area contributed by atoms with Crippen molar-refractivity contribution in [1.29, 1.82) is 0 Å². The molecule has 0 radical (unpaired) electrons. The van der Waals surface area contributed by atoms with Gasteiger partial charge in [0.05, 0.1) is 5.60 Å². The molecule has 10 heavy (non-hydrogen) atoms. The van der Waals surface area contributed by atoms with E-state index in [1.165, 1.54) is 12.8 Å². The van der Waals surface area contributed by atoms with Crippen molar-refractivity contribution in [3.63, 3.8) is 0 Å². The molecule has 2 aliphatic rings. The lowest BCUT2D eigenvalue weighted by Gasteiger charge is -2.15. The molecule has 1 heterocycles. The maximum absolute atomic E-state index is 9.57. The number of aliphatic hydroxyl groups is 1. The molecule has 0 spiro atoms. The van der Waals surface area contributed by atoms with Gasteiger partial charge < -0.3 is 10.4 Å². The van der Waals surface area contributed by atoms with E-state index in [1.54, 1.807) is 0 Å². The smallest absolute Gasteiger partial charge is 0.0802 e. The quantitative estimate of drug-likeness (QED) is 0.582. The third-order valence-corrected chi connectivity index (χ3v) is 2.47. The fourth-order valence-corrected chi connectivity index (χ4v) is 1.62. The lowest BCUT2D eigenvalue weighted by Crippen LogP contribution is -2.36. The number of hydrogen-bond donors (Lipinski definition) is 2. The molecule has 0 aromatic carbocycles. The van der Waals surface area contributed by atoms with Crippen LogP contribution < -0.4 is 5.32 Å². The Bertz CT molecular complexity index is 119. The van der Waals surface area contributed by atoms with Gasteiger partial charge in [0.15, 0.2) is 0 Å². The van der Waals surface area contributed by atoms with E-state index >= 15 is 0 Å². The van der Waals surface area contributed by atoms with Crippen molar-refractivity contribution in [3.8, 4) is 0 Å². The van der Waals surface area contributed by atoms with Gasteiger partial charge in [0.2, 0.25) is 0 Å². The first-order valence-corrected chi connectivity index (χ1v) is 3.77. The summed E-state index contributed by atoms with van der Waals surface area (Å²) in [7, 11) is 0. The van der Waals surface area contributed by atoms with E-state index in [0.29, 0.717) is 6.04 Å². The summed E-state index contributed by atoms with van der Waals surface area (Å²) in [4.78, 5) is 0. The van der Waals surface area contributed by atoms with Crippen molar-refractivity contribution in [2.24, 2.45) is 0 Å². The third-order valence-electron chi connectivity index (χ3n) is 2.47. The lowest BCUT2D eigenvalue weighted by atomic mass is 10.1. The van der Waals surface area contributed by atoms with Crippen LogP contribution in [-0.2, 0) is 0 Å². The van der Waals surface area contributed by atoms with Crippen LogP contribution in [0.3, 0.4) is 0 Å². The van der Waals surface area contributed by atoms with Crippen LogP contribution >= 0.6 is 13.5 Å². The molecule has 0 amide bonds. The first-order chi connectivity index (χ1) is 4.31. The van der Waals surface area contributed by atoms with Crippen LogP contribution in [0, 0.1) is 0 Å². The molecular weight excluding hydrogens is 146 g/mol. The molecule has 0 aromatic rings. The van der Waals surface area contributed by atoms with Crippen LogP contribution in [0.15, 0.2) is 0 Å². The normalized spacial score (nSPS) is 35.1. The molecule has 1 aliphatic carbocycles. The Balaban J connectivity index is 0.000000500. The average Bonchev–Trinajstić information content (AvgIpc) is 2.46. The molecular formula is C7H15NOS. The van der Waals surface area contributed by atoms with Crippen LogP contribution in [0.25, 0.3) is 0 Å². The fourth-order valence-electron chi connectivity index (χ4n) is 1.62. The van der Waals surface area contributed by atoms with Gasteiger partial charge in [0, 0.05) is 6.04 Å². The van der Waals surface area contributed by atoms with Crippen molar-refractivity contribution < 1.29 is 5.11 Å². The first-order valence-electron chi connectivity index (χ1n) is 3.77. The SMILES string of the molecule is OC1([C@@H]2CCCN2)CC1.S. The molecule has 2 rings (SSSR count). The van der Waals surface area contributed by atoms with E-state index in [4.69, 9.17) is 0 Å². The van der Waals surface area contributed by atoms with E-state index < -0.39 is 0 Å². The van der Waals surface area contributed by atoms with Gasteiger partial charge in [0.25, 0.3) is 0 Å². The van der Waals surface area contributed by atoms with Crippen LogP contribution in [0.2, 0.25) is 0 Å². The summed E-state index contributed by atoms with van der Waals surface area (Å²) in [5.41, 5.74) is -0.281. The Morgan fingerprint density at radius 2 is 2.10 bits per heavy atom. The summed E-state index contributed by atoms with van der Waals surface area (Å²) >= 11 is 0. The molecule has 60 valence electrons. The average molecular weight is 161 g/mol. The molecule has 1 aliphatic heterocycles. The monoisotopic (exact) mass is 161 g/mol. The highest BCUT2D eigenvalue weighted by Gasteiger charge is 2.48. The highest BCUT2D eigenvalue weighted by Crippen LogP contribution is 2.41. The standard InChI is InChI=1S/C7H13NO.H2S/c9-7(3-4-7)6-2-1-5-8-6;/h6,8-9H,1-5H2;1H2/t6-;/m0./s1. The van der Waals surface area contributed by atoms with Gasteiger partial charge in [-0.05, 0) is 32.2 Å². The molecule has 1 atom stereocenters. The van der Waals surface area contributed by atoms with Crippen molar-refractivity contribution in [2.75, 3.05) is 6.54 Å². The molecule has 1 saturated carbocycles. The van der Waals surface area contributed by atoms with E-state index in [1.807, 2.05) is 0 Å². The van der Waals surface area contributed by atoms with Crippen LogP contribution in [0.4, 0.5) is 0 Å². The van der Waals surface area contributed by atoms with E-state index in [-0.39, 0.29) is 19.1 Å². The van der Waals surface area contributed by atoms with Gasteiger partial charge in [-0.15, -0.1) is 0 Å². The highest BCUT2D eigenvalue weighted by molar-refractivity contribution is 7.59. The Morgan fingerprint density at radius 3 is 2.50 bits per heavy atom. The van der Waals surface area contributed by atoms with E-state index in [9.17, 15) is 5.11 Å². The van der Waals surface area contributed by atoms with Gasteiger partial charge >= 0.3 is 0 Å². The lowest BCUT2D eigenvalue weighted by molar-refractivity contribution is 0.111. The second-order valence-electron chi connectivity index (χ2n) is 3.25. The van der Waals surface area contributed by atoms with Crippen LogP contribution in [-0.4, -0.2) is 23.3 Å². The minimum Gasteiger partial charge on any atom is -0.388 e. The predicted octanol–water partition coefficient (Wildman–Crippen LogP) is 0.376. The van der Waals surface area contributed by atoms with Crippen LogP contribution in [0.5, 0.6) is 0 Å². The molecule has 2 N–H and O–H groups in total. The Morgan fingerprint density at radius 1 is 1.40 bits per heavy atom. The van der Waals surface area contributed by atoms with Gasteiger partial charge in [-0.1, -0.05) is 0 Å². The molecule has 3 heteroatoms. The maximum Gasteiger partial charge on any atom is 0.0802 e. The minimum absolute atomic E-state index is 0. The zero-order chi connectivity index (χ0) is 6.32. The molecule has 0 unspecified atom stereocenters. The summed E-state index contributed by atoms with van der Waals surface area (Å²) in [6.07, 6.45) is 4.46. The molecule has 0 bridgehead atoms. The topological polar surface area (TPSA) is 32.3 Å². The Labute approximate surface area is 68.5 Å². The van der Waals surface area contributed by atoms with Gasteiger partial charge in [0.1, 0.15) is 0 Å². The molecule has 1 saturated heterocycles. The Kier molecular flexibility index (Phi) is 2.28. The second kappa shape index (κ2) is 2.72. The molecule has 2 nitrogen and oxygen atoms in total. The van der Waals surface area contributed by atoms with Crippen molar-refractivity contribution in [1.82, 2.24) is 5.32 Å². The second-order valence-corrected chi connectivity index (χ2v) is 3.25. The van der Waals surface area contributed by atoms with Gasteiger partial charge in [-0.2, -0.15) is 13.5 Å². The third kappa shape index (κ3) is 1.31. The minimum atomic E-state index is -0.281. The largest absolute Gasteiger partial charge is 0.388 e. The van der Waals surface area contributed by atoms with Crippen molar-refractivity contribution >= 4 is 13.5 Å².